The van der Waals surface area contributed by atoms with Crippen LogP contribution in [0.1, 0.15) is 20.8 Å². The molecule has 0 spiro atoms. The second-order valence-corrected chi connectivity index (χ2v) is 3.28. The van der Waals surface area contributed by atoms with Gasteiger partial charge >= 0.3 is 0 Å². The first-order valence-electron chi connectivity index (χ1n) is 3.78. The van der Waals surface area contributed by atoms with Gasteiger partial charge in [0.2, 0.25) is 0 Å². The lowest BCUT2D eigenvalue weighted by atomic mass is 10.0. The van der Waals surface area contributed by atoms with Crippen LogP contribution in [0.2, 0.25) is 0 Å². The largest absolute Gasteiger partial charge is 0.479 e. The maximum Gasteiger partial charge on any atom is 0.180 e. The van der Waals surface area contributed by atoms with Crippen LogP contribution in [-0.4, -0.2) is 31.3 Å². The molecule has 0 saturated carbocycles. The Morgan fingerprint density at radius 2 is 2.27 bits per heavy atom. The lowest BCUT2D eigenvalue weighted by Crippen LogP contribution is -2.37. The van der Waals surface area contributed by atoms with Gasteiger partial charge in [0.1, 0.15) is 12.6 Å². The van der Waals surface area contributed by atoms with Crippen molar-refractivity contribution in [2.45, 2.75) is 32.4 Å². The molecule has 11 heavy (non-hydrogen) atoms. The summed E-state index contributed by atoms with van der Waals surface area (Å²) in [7, 11) is 1.70. The first-order valence-corrected chi connectivity index (χ1v) is 3.78. The number of hydrogen-bond donors (Lipinski definition) is 0. The van der Waals surface area contributed by atoms with Gasteiger partial charge in [0.25, 0.3) is 0 Å². The molecule has 0 aromatic heterocycles. The molecular formula is C8H15NO2. The molecule has 0 aromatic carbocycles. The van der Waals surface area contributed by atoms with Gasteiger partial charge in [0.15, 0.2) is 5.90 Å². The van der Waals surface area contributed by atoms with Crippen molar-refractivity contribution in [2.24, 2.45) is 4.99 Å². The molecule has 1 heterocycles. The molecule has 0 aliphatic carbocycles. The van der Waals surface area contributed by atoms with Crippen LogP contribution in [0.4, 0.5) is 0 Å². The third kappa shape index (κ3) is 1.71. The van der Waals surface area contributed by atoms with Crippen LogP contribution in [0.3, 0.4) is 0 Å². The summed E-state index contributed by atoms with van der Waals surface area (Å²) in [6.07, 6.45) is 0. The maximum absolute atomic E-state index is 5.28. The summed E-state index contributed by atoms with van der Waals surface area (Å²) in [6, 6.07) is 0.146. The summed E-state index contributed by atoms with van der Waals surface area (Å²) in [6.45, 7) is 6.55. The summed E-state index contributed by atoms with van der Waals surface area (Å²) in [4.78, 5) is 4.30. The molecule has 3 heteroatoms. The molecule has 1 rings (SSSR count). The van der Waals surface area contributed by atoms with Crippen molar-refractivity contribution in [1.82, 2.24) is 0 Å². The zero-order valence-electron chi connectivity index (χ0n) is 7.55. The summed E-state index contributed by atoms with van der Waals surface area (Å²) in [5.74, 6) is 0.764. The topological polar surface area (TPSA) is 30.8 Å². The Balaban J connectivity index is 2.62. The lowest BCUT2D eigenvalue weighted by molar-refractivity contribution is -0.00434. The summed E-state index contributed by atoms with van der Waals surface area (Å²) in [5.41, 5.74) is -0.211. The highest BCUT2D eigenvalue weighted by Gasteiger charge is 2.32. The standard InChI is InChI=1S/C8H15NO2/c1-6-9-7(5-11-6)8(2,3)10-4/h7H,5H2,1-4H3/t7-/m1/s1. The van der Waals surface area contributed by atoms with Gasteiger partial charge in [-0.2, -0.15) is 0 Å². The van der Waals surface area contributed by atoms with Crippen LogP contribution in [0.25, 0.3) is 0 Å². The Morgan fingerprint density at radius 3 is 2.64 bits per heavy atom. The van der Waals surface area contributed by atoms with Crippen molar-refractivity contribution in [1.29, 1.82) is 0 Å². The van der Waals surface area contributed by atoms with E-state index < -0.39 is 0 Å². The fraction of sp³-hybridized carbons (Fsp3) is 0.875. The number of aliphatic imine (C=N–C) groups is 1. The third-order valence-corrected chi connectivity index (χ3v) is 2.12. The maximum atomic E-state index is 5.28. The van der Waals surface area contributed by atoms with Crippen LogP contribution >= 0.6 is 0 Å². The number of ether oxygens (including phenoxy) is 2. The second kappa shape index (κ2) is 2.81. The summed E-state index contributed by atoms with van der Waals surface area (Å²) >= 11 is 0. The Morgan fingerprint density at radius 1 is 1.64 bits per heavy atom. The fourth-order valence-corrected chi connectivity index (χ4v) is 0.986. The molecule has 64 valence electrons. The minimum Gasteiger partial charge on any atom is -0.479 e. The predicted octanol–water partition coefficient (Wildman–Crippen LogP) is 1.23. The summed E-state index contributed by atoms with van der Waals surface area (Å²) in [5, 5.41) is 0. The monoisotopic (exact) mass is 157 g/mol. The van der Waals surface area contributed by atoms with E-state index in [9.17, 15) is 0 Å². The molecule has 0 N–H and O–H groups in total. The number of hydrogen-bond acceptors (Lipinski definition) is 3. The highest BCUT2D eigenvalue weighted by molar-refractivity contribution is 5.74. The van der Waals surface area contributed by atoms with Crippen molar-refractivity contribution < 1.29 is 9.47 Å². The molecule has 0 bridgehead atoms. The van der Waals surface area contributed by atoms with Crippen molar-refractivity contribution in [3.63, 3.8) is 0 Å². The van der Waals surface area contributed by atoms with E-state index in [4.69, 9.17) is 9.47 Å². The van der Waals surface area contributed by atoms with Gasteiger partial charge in [-0.1, -0.05) is 0 Å². The Bertz CT molecular complexity index is 175. The minimum atomic E-state index is -0.211. The first-order chi connectivity index (χ1) is 5.06. The minimum absolute atomic E-state index is 0.146. The Kier molecular flexibility index (Phi) is 2.18. The van der Waals surface area contributed by atoms with Crippen molar-refractivity contribution in [3.8, 4) is 0 Å². The Labute approximate surface area is 67.4 Å². The van der Waals surface area contributed by atoms with Gasteiger partial charge in [0, 0.05) is 14.0 Å². The molecule has 0 aromatic rings. The first kappa shape index (κ1) is 8.53. The molecular weight excluding hydrogens is 142 g/mol. The van der Waals surface area contributed by atoms with Crippen LogP contribution in [0.15, 0.2) is 4.99 Å². The fourth-order valence-electron chi connectivity index (χ4n) is 0.986. The van der Waals surface area contributed by atoms with Gasteiger partial charge in [-0.05, 0) is 13.8 Å². The van der Waals surface area contributed by atoms with Crippen molar-refractivity contribution in [3.05, 3.63) is 0 Å². The molecule has 3 nitrogen and oxygen atoms in total. The average Bonchev–Trinajstić information content (AvgIpc) is 2.36. The molecule has 1 aliphatic heterocycles. The smallest absolute Gasteiger partial charge is 0.180 e. The van der Waals surface area contributed by atoms with E-state index in [0.717, 1.165) is 5.90 Å². The van der Waals surface area contributed by atoms with Crippen LogP contribution < -0.4 is 0 Å². The van der Waals surface area contributed by atoms with E-state index in [2.05, 4.69) is 4.99 Å². The zero-order chi connectivity index (χ0) is 8.48. The van der Waals surface area contributed by atoms with E-state index in [1.807, 2.05) is 20.8 Å². The van der Waals surface area contributed by atoms with Crippen molar-refractivity contribution in [2.75, 3.05) is 13.7 Å². The third-order valence-electron chi connectivity index (χ3n) is 2.12. The van der Waals surface area contributed by atoms with Gasteiger partial charge in [0.05, 0.1) is 5.60 Å². The van der Waals surface area contributed by atoms with Crippen LogP contribution in [-0.2, 0) is 9.47 Å². The zero-order valence-corrected chi connectivity index (χ0v) is 7.55. The normalized spacial score (nSPS) is 24.7. The van der Waals surface area contributed by atoms with Crippen LogP contribution in [0, 0.1) is 0 Å². The lowest BCUT2D eigenvalue weighted by Gasteiger charge is -2.26. The molecule has 0 amide bonds. The van der Waals surface area contributed by atoms with Gasteiger partial charge < -0.3 is 9.47 Å². The van der Waals surface area contributed by atoms with E-state index in [0.29, 0.717) is 6.61 Å². The summed E-state index contributed by atoms with van der Waals surface area (Å²) < 4.78 is 10.5. The quantitative estimate of drug-likeness (QED) is 0.603. The molecule has 0 unspecified atom stereocenters. The van der Waals surface area contributed by atoms with E-state index in [-0.39, 0.29) is 11.6 Å². The van der Waals surface area contributed by atoms with Gasteiger partial charge in [-0.3, -0.25) is 0 Å². The average molecular weight is 157 g/mol. The Hall–Kier alpha value is -0.570. The van der Waals surface area contributed by atoms with Gasteiger partial charge in [-0.25, -0.2) is 4.99 Å². The number of methoxy groups -OCH3 is 1. The second-order valence-electron chi connectivity index (χ2n) is 3.28. The molecule has 0 radical (unpaired) electrons. The van der Waals surface area contributed by atoms with Crippen LogP contribution in [0.5, 0.6) is 0 Å². The van der Waals surface area contributed by atoms with E-state index >= 15 is 0 Å². The van der Waals surface area contributed by atoms with E-state index in [1.165, 1.54) is 0 Å². The highest BCUT2D eigenvalue weighted by atomic mass is 16.5. The van der Waals surface area contributed by atoms with E-state index in [1.54, 1.807) is 7.11 Å². The van der Waals surface area contributed by atoms with Crippen molar-refractivity contribution >= 4 is 5.90 Å². The molecule has 0 fully saturated rings. The molecule has 0 saturated heterocycles. The molecule has 1 aliphatic rings. The SMILES string of the molecule is COC(C)(C)[C@H]1COC(C)=N1. The number of rotatable bonds is 2. The van der Waals surface area contributed by atoms with Gasteiger partial charge in [-0.15, -0.1) is 0 Å². The molecule has 1 atom stereocenters. The predicted molar refractivity (Wildman–Crippen MR) is 43.9 cm³/mol. The number of nitrogens with zero attached hydrogens (tertiary/aromatic N) is 1. The highest BCUT2D eigenvalue weighted by Crippen LogP contribution is 2.21.